The minimum absolute atomic E-state index is 0. The van der Waals surface area contributed by atoms with Gasteiger partial charge in [0.15, 0.2) is 0 Å². The third kappa shape index (κ3) is 3.50. The zero-order valence-electron chi connectivity index (χ0n) is 9.26. The van der Waals surface area contributed by atoms with Crippen LogP contribution in [0.4, 0.5) is 0 Å². The van der Waals surface area contributed by atoms with Crippen LogP contribution in [0.25, 0.3) is 0 Å². The van der Waals surface area contributed by atoms with Crippen LogP contribution >= 0.6 is 12.4 Å². The van der Waals surface area contributed by atoms with Crippen LogP contribution in [0.1, 0.15) is 18.4 Å². The second-order valence-corrected chi connectivity index (χ2v) is 5.42. The van der Waals surface area contributed by atoms with Crippen molar-refractivity contribution in [2.75, 3.05) is 13.1 Å². The van der Waals surface area contributed by atoms with Gasteiger partial charge in [-0.1, -0.05) is 0 Å². The van der Waals surface area contributed by atoms with E-state index in [1.165, 1.54) is 0 Å². The first kappa shape index (κ1) is 14.1. The molecular weight excluding hydrogens is 258 g/mol. The van der Waals surface area contributed by atoms with Crippen LogP contribution in [-0.4, -0.2) is 27.5 Å². The number of rotatable bonds is 2. The van der Waals surface area contributed by atoms with Crippen molar-refractivity contribution in [3.63, 3.8) is 0 Å². The maximum atomic E-state index is 12.2. The Bertz CT molecular complexity index is 441. The van der Waals surface area contributed by atoms with Gasteiger partial charge in [0.2, 0.25) is 0 Å². The van der Waals surface area contributed by atoms with Gasteiger partial charge in [0, 0.05) is 11.4 Å². The molecule has 1 aromatic rings. The van der Waals surface area contributed by atoms with Crippen molar-refractivity contribution in [1.82, 2.24) is 10.3 Å². The van der Waals surface area contributed by atoms with Gasteiger partial charge in [0.25, 0.3) is 0 Å². The Morgan fingerprint density at radius 3 is 2.82 bits per heavy atom. The number of piperidine rings is 1. The fraction of sp³-hybridized carbons (Fsp3) is 0.455. The lowest BCUT2D eigenvalue weighted by Gasteiger charge is -2.21. The number of hydrogen-bond donors (Lipinski definition) is 1. The monoisotopic (exact) mass is 271 g/mol. The fourth-order valence-corrected chi connectivity index (χ4v) is 3.18. The zero-order valence-corrected chi connectivity index (χ0v) is 10.9. The van der Waals surface area contributed by atoms with E-state index in [9.17, 15) is 4.21 Å². The minimum atomic E-state index is -1.08. The standard InChI is InChI=1S/C11H13N3OS.ClH/c12-8-9-1-6-14-11(7-9)16(15)10-2-4-13-5-3-10;/h1,6-7,10,13H,2-5H2;1H. The summed E-state index contributed by atoms with van der Waals surface area (Å²) < 4.78 is 12.2. The molecule has 1 aliphatic heterocycles. The van der Waals surface area contributed by atoms with Crippen LogP contribution in [0, 0.1) is 11.3 Å². The van der Waals surface area contributed by atoms with Gasteiger partial charge in [0.1, 0.15) is 5.03 Å². The molecule has 2 rings (SSSR count). The van der Waals surface area contributed by atoms with Crippen molar-refractivity contribution in [2.45, 2.75) is 23.1 Å². The molecule has 0 aliphatic carbocycles. The van der Waals surface area contributed by atoms with Crippen molar-refractivity contribution >= 4 is 23.2 Å². The first-order valence-corrected chi connectivity index (χ1v) is 6.50. The lowest BCUT2D eigenvalue weighted by molar-refractivity contribution is 0.519. The molecule has 0 bridgehead atoms. The summed E-state index contributed by atoms with van der Waals surface area (Å²) in [6.45, 7) is 1.82. The van der Waals surface area contributed by atoms with Crippen molar-refractivity contribution < 1.29 is 4.21 Å². The van der Waals surface area contributed by atoms with Gasteiger partial charge >= 0.3 is 0 Å². The largest absolute Gasteiger partial charge is 0.317 e. The van der Waals surface area contributed by atoms with Crippen LogP contribution in [0.3, 0.4) is 0 Å². The molecule has 17 heavy (non-hydrogen) atoms. The van der Waals surface area contributed by atoms with Crippen LogP contribution in [-0.2, 0) is 10.8 Å². The third-order valence-electron chi connectivity index (χ3n) is 2.66. The number of halogens is 1. The van der Waals surface area contributed by atoms with E-state index in [0.717, 1.165) is 25.9 Å². The number of aromatic nitrogens is 1. The van der Waals surface area contributed by atoms with E-state index in [1.54, 1.807) is 18.3 Å². The predicted octanol–water partition coefficient (Wildman–Crippen LogP) is 1.23. The van der Waals surface area contributed by atoms with E-state index < -0.39 is 10.8 Å². The summed E-state index contributed by atoms with van der Waals surface area (Å²) in [7, 11) is -1.08. The Labute approximate surface area is 109 Å². The molecule has 0 saturated carbocycles. The number of nitrogens with zero attached hydrogens (tertiary/aromatic N) is 2. The minimum Gasteiger partial charge on any atom is -0.317 e. The molecule has 0 radical (unpaired) electrons. The third-order valence-corrected chi connectivity index (χ3v) is 4.37. The molecule has 0 amide bonds. The highest BCUT2D eigenvalue weighted by Crippen LogP contribution is 2.17. The van der Waals surface area contributed by atoms with Crippen molar-refractivity contribution in [1.29, 1.82) is 5.26 Å². The second kappa shape index (κ2) is 6.70. The highest BCUT2D eigenvalue weighted by atomic mass is 35.5. The molecule has 1 unspecified atom stereocenters. The molecular formula is C11H14ClN3OS. The summed E-state index contributed by atoms with van der Waals surface area (Å²) in [5.41, 5.74) is 0.521. The number of hydrogen-bond acceptors (Lipinski definition) is 4. The Morgan fingerprint density at radius 2 is 2.18 bits per heavy atom. The van der Waals surface area contributed by atoms with Gasteiger partial charge in [-0.05, 0) is 38.1 Å². The zero-order chi connectivity index (χ0) is 11.4. The van der Waals surface area contributed by atoms with Crippen LogP contribution in [0.5, 0.6) is 0 Å². The molecule has 1 saturated heterocycles. The lowest BCUT2D eigenvalue weighted by atomic mass is 10.2. The molecule has 2 heterocycles. The summed E-state index contributed by atoms with van der Waals surface area (Å²) >= 11 is 0. The Hall–Kier alpha value is -0.960. The summed E-state index contributed by atoms with van der Waals surface area (Å²) in [5.74, 6) is 0. The van der Waals surface area contributed by atoms with Crippen LogP contribution in [0.2, 0.25) is 0 Å². The fourth-order valence-electron chi connectivity index (χ4n) is 1.77. The van der Waals surface area contributed by atoms with E-state index in [0.29, 0.717) is 10.6 Å². The summed E-state index contributed by atoms with van der Waals surface area (Å²) in [6, 6.07) is 5.29. The van der Waals surface area contributed by atoms with Gasteiger partial charge in [-0.2, -0.15) is 5.26 Å². The maximum Gasteiger partial charge on any atom is 0.128 e. The van der Waals surface area contributed by atoms with Crippen molar-refractivity contribution in [3.05, 3.63) is 23.9 Å². The molecule has 1 N–H and O–H groups in total. The first-order chi connectivity index (χ1) is 7.81. The maximum absolute atomic E-state index is 12.2. The molecule has 4 nitrogen and oxygen atoms in total. The number of nitrogens with one attached hydrogen (secondary N) is 1. The Morgan fingerprint density at radius 1 is 1.47 bits per heavy atom. The summed E-state index contributed by atoms with van der Waals surface area (Å²) in [4.78, 5) is 4.09. The SMILES string of the molecule is Cl.N#Cc1ccnc(S(=O)C2CCNCC2)c1. The van der Waals surface area contributed by atoms with Gasteiger partial charge in [-0.25, -0.2) is 4.98 Å². The molecule has 1 atom stereocenters. The van der Waals surface area contributed by atoms with E-state index in [-0.39, 0.29) is 17.7 Å². The Kier molecular flexibility index (Phi) is 5.56. The molecule has 1 aromatic heterocycles. The lowest BCUT2D eigenvalue weighted by Crippen LogP contribution is -2.33. The summed E-state index contributed by atoms with van der Waals surface area (Å²) in [6.07, 6.45) is 3.36. The highest BCUT2D eigenvalue weighted by Gasteiger charge is 2.21. The second-order valence-electron chi connectivity index (χ2n) is 3.74. The van der Waals surface area contributed by atoms with Gasteiger partial charge in [-0.3, -0.25) is 4.21 Å². The molecule has 92 valence electrons. The van der Waals surface area contributed by atoms with E-state index in [4.69, 9.17) is 5.26 Å². The number of nitriles is 1. The molecule has 6 heteroatoms. The van der Waals surface area contributed by atoms with Crippen LogP contribution < -0.4 is 5.32 Å². The van der Waals surface area contributed by atoms with Gasteiger partial charge in [-0.15, -0.1) is 12.4 Å². The topological polar surface area (TPSA) is 65.8 Å². The summed E-state index contributed by atoms with van der Waals surface area (Å²) in [5, 5.41) is 12.7. The van der Waals surface area contributed by atoms with E-state index in [1.807, 2.05) is 6.07 Å². The smallest absolute Gasteiger partial charge is 0.128 e. The van der Waals surface area contributed by atoms with Crippen molar-refractivity contribution in [3.8, 4) is 6.07 Å². The number of pyridine rings is 1. The normalized spacial score (nSPS) is 17.8. The Balaban J connectivity index is 0.00000144. The first-order valence-electron chi connectivity index (χ1n) is 5.28. The van der Waals surface area contributed by atoms with Crippen molar-refractivity contribution in [2.24, 2.45) is 0 Å². The predicted molar refractivity (Wildman–Crippen MR) is 68.5 cm³/mol. The molecule has 1 aliphatic rings. The molecule has 0 aromatic carbocycles. The molecule has 0 spiro atoms. The van der Waals surface area contributed by atoms with E-state index in [2.05, 4.69) is 10.3 Å². The van der Waals surface area contributed by atoms with Gasteiger partial charge < -0.3 is 5.32 Å². The highest BCUT2D eigenvalue weighted by molar-refractivity contribution is 7.85. The van der Waals surface area contributed by atoms with E-state index >= 15 is 0 Å². The molecule has 1 fully saturated rings. The van der Waals surface area contributed by atoms with Crippen LogP contribution in [0.15, 0.2) is 23.4 Å². The average Bonchev–Trinajstić information content (AvgIpc) is 2.39. The average molecular weight is 272 g/mol. The van der Waals surface area contributed by atoms with Gasteiger partial charge in [0.05, 0.1) is 22.4 Å². The quantitative estimate of drug-likeness (QED) is 0.879.